The molecular weight excluding hydrogens is 216 g/mol. The van der Waals surface area contributed by atoms with E-state index in [-0.39, 0.29) is 0 Å². The predicted octanol–water partition coefficient (Wildman–Crippen LogP) is 2.34. The largest absolute Gasteiger partial charge is 0.486 e. The average Bonchev–Trinajstić information content (AvgIpc) is 2.15. The van der Waals surface area contributed by atoms with Gasteiger partial charge in [-0.1, -0.05) is 11.6 Å². The molecule has 2 rings (SSSR count). The van der Waals surface area contributed by atoms with Crippen LogP contribution in [-0.2, 0) is 5.60 Å². The molecule has 0 unspecified atom stereocenters. The van der Waals surface area contributed by atoms with Crippen molar-refractivity contribution >= 4 is 11.6 Å². The molecule has 1 aromatic carbocycles. The van der Waals surface area contributed by atoms with Crippen LogP contribution in [0, 0.1) is 0 Å². The highest BCUT2D eigenvalue weighted by Crippen LogP contribution is 2.39. The highest BCUT2D eigenvalue weighted by atomic mass is 35.5. The summed E-state index contributed by atoms with van der Waals surface area (Å²) in [6.45, 7) is 4.43. The normalized spacial score (nSPS) is 15.2. The third-order valence-corrected chi connectivity index (χ3v) is 2.60. The van der Waals surface area contributed by atoms with Gasteiger partial charge in [0.05, 0.1) is 10.6 Å². The van der Waals surface area contributed by atoms with E-state index in [9.17, 15) is 5.11 Å². The Morgan fingerprint density at radius 2 is 1.73 bits per heavy atom. The third kappa shape index (κ3) is 2.03. The number of ether oxygens (including phenoxy) is 2. The van der Waals surface area contributed by atoms with E-state index >= 15 is 0 Å². The van der Waals surface area contributed by atoms with Crippen molar-refractivity contribution in [3.8, 4) is 11.5 Å². The van der Waals surface area contributed by atoms with Crippen LogP contribution in [0.2, 0.25) is 5.02 Å². The van der Waals surface area contributed by atoms with Crippen LogP contribution in [0.4, 0.5) is 0 Å². The number of benzene rings is 1. The molecule has 1 aromatic rings. The smallest absolute Gasteiger partial charge is 0.162 e. The lowest BCUT2D eigenvalue weighted by atomic mass is 9.98. The van der Waals surface area contributed by atoms with Crippen molar-refractivity contribution in [2.45, 2.75) is 19.4 Å². The first-order chi connectivity index (χ1) is 6.98. The Labute approximate surface area is 93.6 Å². The van der Waals surface area contributed by atoms with Crippen molar-refractivity contribution in [1.82, 2.24) is 0 Å². The van der Waals surface area contributed by atoms with E-state index in [4.69, 9.17) is 21.1 Å². The van der Waals surface area contributed by atoms with E-state index in [0.717, 1.165) is 0 Å². The molecule has 0 saturated carbocycles. The zero-order valence-electron chi connectivity index (χ0n) is 8.71. The monoisotopic (exact) mass is 228 g/mol. The molecule has 0 aliphatic carbocycles. The van der Waals surface area contributed by atoms with Crippen LogP contribution in [0.3, 0.4) is 0 Å². The summed E-state index contributed by atoms with van der Waals surface area (Å²) in [7, 11) is 0. The fourth-order valence-corrected chi connectivity index (χ4v) is 1.92. The summed E-state index contributed by atoms with van der Waals surface area (Å²) in [6, 6.07) is 3.42. The van der Waals surface area contributed by atoms with E-state index < -0.39 is 5.60 Å². The van der Waals surface area contributed by atoms with Gasteiger partial charge in [-0.15, -0.1) is 0 Å². The summed E-state index contributed by atoms with van der Waals surface area (Å²) >= 11 is 6.05. The van der Waals surface area contributed by atoms with Gasteiger partial charge in [0.25, 0.3) is 0 Å². The van der Waals surface area contributed by atoms with Crippen LogP contribution >= 0.6 is 11.6 Å². The molecule has 1 aliphatic heterocycles. The minimum absolute atomic E-state index is 0.492. The second-order valence-corrected chi connectivity index (χ2v) is 4.44. The molecule has 0 aromatic heterocycles. The van der Waals surface area contributed by atoms with Crippen molar-refractivity contribution in [2.75, 3.05) is 13.2 Å². The molecule has 0 fully saturated rings. The second kappa shape index (κ2) is 3.58. The van der Waals surface area contributed by atoms with Gasteiger partial charge in [-0.3, -0.25) is 0 Å². The van der Waals surface area contributed by atoms with Gasteiger partial charge in [-0.05, 0) is 19.9 Å². The molecule has 15 heavy (non-hydrogen) atoms. The van der Waals surface area contributed by atoms with Gasteiger partial charge in [0.2, 0.25) is 0 Å². The maximum absolute atomic E-state index is 9.89. The first kappa shape index (κ1) is 10.6. The van der Waals surface area contributed by atoms with Gasteiger partial charge in [-0.25, -0.2) is 0 Å². The Morgan fingerprint density at radius 3 is 2.27 bits per heavy atom. The summed E-state index contributed by atoms with van der Waals surface area (Å²) in [5.41, 5.74) is -0.333. The average molecular weight is 229 g/mol. The minimum atomic E-state index is -0.979. The zero-order chi connectivity index (χ0) is 11.1. The first-order valence-electron chi connectivity index (χ1n) is 4.80. The van der Waals surface area contributed by atoms with E-state index in [1.54, 1.807) is 26.0 Å². The van der Waals surface area contributed by atoms with Crippen LogP contribution in [0.1, 0.15) is 19.4 Å². The summed E-state index contributed by atoms with van der Waals surface area (Å²) in [4.78, 5) is 0. The highest BCUT2D eigenvalue weighted by Gasteiger charge is 2.23. The Hall–Kier alpha value is -0.930. The van der Waals surface area contributed by atoms with Crippen molar-refractivity contribution in [1.29, 1.82) is 0 Å². The Morgan fingerprint density at radius 1 is 1.20 bits per heavy atom. The third-order valence-electron chi connectivity index (χ3n) is 2.29. The van der Waals surface area contributed by atoms with Crippen molar-refractivity contribution in [2.24, 2.45) is 0 Å². The molecule has 0 saturated heterocycles. The summed E-state index contributed by atoms with van der Waals surface area (Å²) in [6.07, 6.45) is 0. The van der Waals surface area contributed by atoms with Gasteiger partial charge in [0.1, 0.15) is 13.2 Å². The molecule has 82 valence electrons. The minimum Gasteiger partial charge on any atom is -0.486 e. The summed E-state index contributed by atoms with van der Waals surface area (Å²) in [5.74, 6) is 1.28. The SMILES string of the molecule is CC(C)(O)c1cc2c(cc1Cl)OCCO2. The van der Waals surface area contributed by atoms with E-state index in [1.807, 2.05) is 0 Å². The molecule has 0 atom stereocenters. The Balaban J connectivity index is 2.50. The standard InChI is InChI=1S/C11H13ClO3/c1-11(2,13)7-5-9-10(6-8(7)12)15-4-3-14-9/h5-6,13H,3-4H2,1-2H3. The topological polar surface area (TPSA) is 38.7 Å². The maximum Gasteiger partial charge on any atom is 0.162 e. The van der Waals surface area contributed by atoms with Gasteiger partial charge >= 0.3 is 0 Å². The lowest BCUT2D eigenvalue weighted by Gasteiger charge is -2.24. The molecule has 1 aliphatic rings. The van der Waals surface area contributed by atoms with E-state index in [2.05, 4.69) is 0 Å². The maximum atomic E-state index is 9.89. The van der Waals surface area contributed by atoms with Gasteiger partial charge in [-0.2, -0.15) is 0 Å². The Bertz CT molecular complexity index is 382. The van der Waals surface area contributed by atoms with Crippen LogP contribution in [0.5, 0.6) is 11.5 Å². The first-order valence-corrected chi connectivity index (χ1v) is 5.18. The fourth-order valence-electron chi connectivity index (χ4n) is 1.53. The van der Waals surface area contributed by atoms with Crippen molar-refractivity contribution in [3.05, 3.63) is 22.7 Å². The molecule has 0 radical (unpaired) electrons. The van der Waals surface area contributed by atoms with Crippen LogP contribution in [0.25, 0.3) is 0 Å². The highest BCUT2D eigenvalue weighted by molar-refractivity contribution is 6.31. The second-order valence-electron chi connectivity index (χ2n) is 4.03. The van der Waals surface area contributed by atoms with Crippen LogP contribution in [0.15, 0.2) is 12.1 Å². The van der Waals surface area contributed by atoms with Gasteiger partial charge in [0.15, 0.2) is 11.5 Å². The lowest BCUT2D eigenvalue weighted by Crippen LogP contribution is -2.19. The van der Waals surface area contributed by atoms with Crippen molar-refractivity contribution < 1.29 is 14.6 Å². The van der Waals surface area contributed by atoms with Gasteiger partial charge < -0.3 is 14.6 Å². The number of halogens is 1. The number of fused-ring (bicyclic) bond motifs is 1. The van der Waals surface area contributed by atoms with E-state index in [0.29, 0.717) is 35.3 Å². The molecule has 0 amide bonds. The summed E-state index contributed by atoms with van der Waals surface area (Å²) in [5, 5.41) is 10.4. The molecule has 1 N–H and O–H groups in total. The molecule has 1 heterocycles. The van der Waals surface area contributed by atoms with Crippen molar-refractivity contribution in [3.63, 3.8) is 0 Å². The number of hydrogen-bond donors (Lipinski definition) is 1. The molecule has 3 nitrogen and oxygen atoms in total. The number of rotatable bonds is 1. The number of hydrogen-bond acceptors (Lipinski definition) is 3. The van der Waals surface area contributed by atoms with Gasteiger partial charge in [0, 0.05) is 11.6 Å². The summed E-state index contributed by atoms with van der Waals surface area (Å²) < 4.78 is 10.8. The molecular formula is C11H13ClO3. The van der Waals surface area contributed by atoms with E-state index in [1.165, 1.54) is 0 Å². The fraction of sp³-hybridized carbons (Fsp3) is 0.455. The predicted molar refractivity (Wildman–Crippen MR) is 57.7 cm³/mol. The quantitative estimate of drug-likeness (QED) is 0.802. The van der Waals surface area contributed by atoms with Crippen LogP contribution in [-0.4, -0.2) is 18.3 Å². The van der Waals surface area contributed by atoms with Crippen LogP contribution < -0.4 is 9.47 Å². The Kier molecular flexibility index (Phi) is 2.52. The lowest BCUT2D eigenvalue weighted by molar-refractivity contribution is 0.0777. The number of aliphatic hydroxyl groups is 1. The molecule has 4 heteroatoms. The zero-order valence-corrected chi connectivity index (χ0v) is 9.47. The molecule has 0 bridgehead atoms. The molecule has 0 spiro atoms.